The third-order valence-corrected chi connectivity index (χ3v) is 2.48. The van der Waals surface area contributed by atoms with Gasteiger partial charge in [-0.05, 0) is 18.9 Å². The molecule has 0 fully saturated rings. The number of nitrogens with zero attached hydrogens (tertiary/aromatic N) is 1. The first-order valence-corrected chi connectivity index (χ1v) is 4.84. The van der Waals surface area contributed by atoms with E-state index in [1.165, 1.54) is 12.1 Å². The van der Waals surface area contributed by atoms with Gasteiger partial charge >= 0.3 is 0 Å². The number of rotatable bonds is 1. The third kappa shape index (κ3) is 1.74. The van der Waals surface area contributed by atoms with Gasteiger partial charge in [0.05, 0.1) is 17.6 Å². The summed E-state index contributed by atoms with van der Waals surface area (Å²) >= 11 is 0. The van der Waals surface area contributed by atoms with Crippen molar-refractivity contribution in [3.05, 3.63) is 18.5 Å². The maximum absolute atomic E-state index is 4.11. The van der Waals surface area contributed by atoms with E-state index in [0.717, 1.165) is 18.7 Å². The van der Waals surface area contributed by atoms with Crippen LogP contribution in [0.2, 0.25) is 0 Å². The highest BCUT2D eigenvalue weighted by Gasteiger charge is 2.12. The first-order chi connectivity index (χ1) is 6.40. The van der Waals surface area contributed by atoms with Crippen LogP contribution in [0.4, 0.5) is 11.4 Å². The highest BCUT2D eigenvalue weighted by atomic mass is 15.0. The molecule has 2 rings (SSSR count). The normalized spacial score (nSPS) is 20.8. The summed E-state index contributed by atoms with van der Waals surface area (Å²) in [7, 11) is 0. The Morgan fingerprint density at radius 3 is 3.31 bits per heavy atom. The second-order valence-electron chi connectivity index (χ2n) is 3.39. The Kier molecular flexibility index (Phi) is 2.34. The fourth-order valence-corrected chi connectivity index (χ4v) is 1.64. The largest absolute Gasteiger partial charge is 0.383 e. The van der Waals surface area contributed by atoms with Gasteiger partial charge in [0.15, 0.2) is 0 Å². The van der Waals surface area contributed by atoms with Crippen molar-refractivity contribution in [2.75, 3.05) is 17.2 Å². The van der Waals surface area contributed by atoms with Crippen molar-refractivity contribution >= 4 is 11.4 Å². The van der Waals surface area contributed by atoms with E-state index < -0.39 is 0 Å². The first kappa shape index (κ1) is 8.35. The van der Waals surface area contributed by atoms with Gasteiger partial charge in [-0.2, -0.15) is 0 Å². The number of fused-ring (bicyclic) bond motifs is 1. The smallest absolute Gasteiger partial charge is 0.0764 e. The van der Waals surface area contributed by atoms with Gasteiger partial charge in [0.25, 0.3) is 0 Å². The van der Waals surface area contributed by atoms with Crippen LogP contribution in [0.5, 0.6) is 0 Å². The monoisotopic (exact) mass is 177 g/mol. The molecule has 2 heterocycles. The topological polar surface area (TPSA) is 37.0 Å². The number of nitrogens with one attached hydrogen (secondary N) is 2. The van der Waals surface area contributed by atoms with Crippen LogP contribution >= 0.6 is 0 Å². The molecule has 0 saturated heterocycles. The van der Waals surface area contributed by atoms with Crippen LogP contribution in [0, 0.1) is 0 Å². The van der Waals surface area contributed by atoms with Crippen molar-refractivity contribution in [1.29, 1.82) is 0 Å². The van der Waals surface area contributed by atoms with Gasteiger partial charge in [0.1, 0.15) is 0 Å². The van der Waals surface area contributed by atoms with Crippen molar-refractivity contribution in [3.63, 3.8) is 0 Å². The fourth-order valence-electron chi connectivity index (χ4n) is 1.64. The van der Waals surface area contributed by atoms with Gasteiger partial charge in [-0.1, -0.05) is 6.92 Å². The first-order valence-electron chi connectivity index (χ1n) is 4.84. The fraction of sp³-hybridized carbons (Fsp3) is 0.500. The van der Waals surface area contributed by atoms with E-state index in [2.05, 4.69) is 22.5 Å². The zero-order chi connectivity index (χ0) is 9.10. The second kappa shape index (κ2) is 3.64. The second-order valence-corrected chi connectivity index (χ2v) is 3.39. The van der Waals surface area contributed by atoms with Crippen molar-refractivity contribution in [2.24, 2.45) is 0 Å². The van der Waals surface area contributed by atoms with E-state index in [4.69, 9.17) is 0 Å². The molecule has 1 atom stereocenters. The number of pyridine rings is 1. The molecule has 1 aliphatic rings. The summed E-state index contributed by atoms with van der Waals surface area (Å²) in [6, 6.07) is 2.60. The molecular formula is C10H15N3. The summed E-state index contributed by atoms with van der Waals surface area (Å²) in [6.45, 7) is 3.25. The summed E-state index contributed by atoms with van der Waals surface area (Å²) in [4.78, 5) is 4.11. The van der Waals surface area contributed by atoms with E-state index >= 15 is 0 Å². The molecular weight excluding hydrogens is 162 g/mol. The molecule has 2 N–H and O–H groups in total. The molecule has 1 aliphatic heterocycles. The maximum Gasteiger partial charge on any atom is 0.0764 e. The number of aromatic nitrogens is 1. The lowest BCUT2D eigenvalue weighted by molar-refractivity contribution is 0.661. The highest BCUT2D eigenvalue weighted by molar-refractivity contribution is 5.68. The zero-order valence-electron chi connectivity index (χ0n) is 7.88. The predicted molar refractivity (Wildman–Crippen MR) is 55.0 cm³/mol. The molecule has 0 bridgehead atoms. The summed E-state index contributed by atoms with van der Waals surface area (Å²) < 4.78 is 0. The van der Waals surface area contributed by atoms with E-state index in [0.29, 0.717) is 6.04 Å². The Bertz CT molecular complexity index is 285. The molecule has 0 saturated carbocycles. The Hall–Kier alpha value is -1.25. The van der Waals surface area contributed by atoms with E-state index in [9.17, 15) is 0 Å². The molecule has 1 aromatic rings. The standard InChI is InChI=1S/C10H15N3/c1-2-8-3-6-12-9-4-5-11-7-10(9)13-8/h4-5,7-8,12-13H,2-3,6H2,1H3. The van der Waals surface area contributed by atoms with Crippen molar-refractivity contribution in [3.8, 4) is 0 Å². The molecule has 13 heavy (non-hydrogen) atoms. The van der Waals surface area contributed by atoms with Gasteiger partial charge in [-0.15, -0.1) is 0 Å². The van der Waals surface area contributed by atoms with Crippen LogP contribution in [0.3, 0.4) is 0 Å². The van der Waals surface area contributed by atoms with Crippen molar-refractivity contribution in [2.45, 2.75) is 25.8 Å². The molecule has 1 aromatic heterocycles. The van der Waals surface area contributed by atoms with Crippen molar-refractivity contribution in [1.82, 2.24) is 4.98 Å². The maximum atomic E-state index is 4.11. The summed E-state index contributed by atoms with van der Waals surface area (Å²) in [6.07, 6.45) is 6.04. The average Bonchev–Trinajstić information content (AvgIpc) is 2.38. The average molecular weight is 177 g/mol. The Morgan fingerprint density at radius 2 is 2.46 bits per heavy atom. The van der Waals surface area contributed by atoms with Crippen LogP contribution in [0.25, 0.3) is 0 Å². The molecule has 0 aliphatic carbocycles. The summed E-state index contributed by atoms with van der Waals surface area (Å²) in [5, 5.41) is 6.87. The third-order valence-electron chi connectivity index (χ3n) is 2.48. The minimum Gasteiger partial charge on any atom is -0.383 e. The van der Waals surface area contributed by atoms with Gasteiger partial charge in [-0.3, -0.25) is 4.98 Å². The minimum absolute atomic E-state index is 0.581. The quantitative estimate of drug-likeness (QED) is 0.689. The van der Waals surface area contributed by atoms with Crippen LogP contribution < -0.4 is 10.6 Å². The van der Waals surface area contributed by atoms with Crippen LogP contribution in [-0.4, -0.2) is 17.6 Å². The summed E-state index contributed by atoms with van der Waals surface area (Å²) in [5.41, 5.74) is 2.30. The molecule has 3 heteroatoms. The lowest BCUT2D eigenvalue weighted by atomic mass is 10.1. The van der Waals surface area contributed by atoms with Crippen LogP contribution in [0.1, 0.15) is 19.8 Å². The summed E-state index contributed by atoms with van der Waals surface area (Å²) in [5.74, 6) is 0. The SMILES string of the molecule is CCC1CCNc2ccncc2N1. The number of hydrogen-bond acceptors (Lipinski definition) is 3. The minimum atomic E-state index is 0.581. The highest BCUT2D eigenvalue weighted by Crippen LogP contribution is 2.24. The van der Waals surface area contributed by atoms with Crippen LogP contribution in [-0.2, 0) is 0 Å². The lowest BCUT2D eigenvalue weighted by Gasteiger charge is -2.14. The van der Waals surface area contributed by atoms with Gasteiger partial charge < -0.3 is 10.6 Å². The molecule has 0 aromatic carbocycles. The van der Waals surface area contributed by atoms with Gasteiger partial charge in [0, 0.05) is 18.8 Å². The van der Waals surface area contributed by atoms with Crippen molar-refractivity contribution < 1.29 is 0 Å². The Balaban J connectivity index is 2.23. The van der Waals surface area contributed by atoms with Gasteiger partial charge in [0.2, 0.25) is 0 Å². The predicted octanol–water partition coefficient (Wildman–Crippen LogP) is 2.09. The van der Waals surface area contributed by atoms with E-state index in [-0.39, 0.29) is 0 Å². The number of anilines is 2. The molecule has 1 unspecified atom stereocenters. The Morgan fingerprint density at radius 1 is 1.54 bits per heavy atom. The molecule has 3 nitrogen and oxygen atoms in total. The molecule has 0 spiro atoms. The molecule has 0 amide bonds. The zero-order valence-corrected chi connectivity index (χ0v) is 7.88. The molecule has 70 valence electrons. The van der Waals surface area contributed by atoms with Gasteiger partial charge in [-0.25, -0.2) is 0 Å². The Labute approximate surface area is 78.6 Å². The van der Waals surface area contributed by atoms with Crippen LogP contribution in [0.15, 0.2) is 18.5 Å². The van der Waals surface area contributed by atoms with E-state index in [1.54, 1.807) is 0 Å². The van der Waals surface area contributed by atoms with E-state index in [1.807, 2.05) is 18.5 Å². The number of hydrogen-bond donors (Lipinski definition) is 2. The lowest BCUT2D eigenvalue weighted by Crippen LogP contribution is -2.18. The molecule has 0 radical (unpaired) electrons.